The highest BCUT2D eigenvalue weighted by Crippen LogP contribution is 2.26. The van der Waals surface area contributed by atoms with Crippen LogP contribution < -0.4 is 4.72 Å². The first-order chi connectivity index (χ1) is 12.0. The Labute approximate surface area is 151 Å². The van der Waals surface area contributed by atoms with Crippen molar-refractivity contribution in [3.8, 4) is 0 Å². The third-order valence-electron chi connectivity index (χ3n) is 4.32. The zero-order valence-corrected chi connectivity index (χ0v) is 15.2. The van der Waals surface area contributed by atoms with E-state index in [9.17, 15) is 13.2 Å². The van der Waals surface area contributed by atoms with Crippen molar-refractivity contribution in [2.45, 2.75) is 23.1 Å². The molecule has 1 fully saturated rings. The fourth-order valence-corrected chi connectivity index (χ4v) is 5.25. The topological polar surface area (TPSA) is 86.7 Å². The van der Waals surface area contributed by atoms with Gasteiger partial charge in [0, 0.05) is 18.0 Å². The maximum Gasteiger partial charge on any atom is 0.336 e. The number of rotatable bonds is 7. The molecular formula is C17H20N2O4S2. The summed E-state index contributed by atoms with van der Waals surface area (Å²) in [4.78, 5) is 13.2. The number of carboxylic acids is 1. The van der Waals surface area contributed by atoms with Crippen LogP contribution in [0.1, 0.15) is 34.8 Å². The Kier molecular flexibility index (Phi) is 5.53. The molecule has 0 amide bonds. The molecule has 1 aromatic heterocycles. The normalized spacial score (nSPS) is 16.8. The molecular weight excluding hydrogens is 360 g/mol. The third-order valence-corrected chi connectivity index (χ3v) is 7.18. The summed E-state index contributed by atoms with van der Waals surface area (Å²) in [5, 5.41) is 10.3. The molecule has 0 radical (unpaired) electrons. The van der Waals surface area contributed by atoms with Crippen molar-refractivity contribution in [1.82, 2.24) is 9.62 Å². The van der Waals surface area contributed by atoms with Crippen LogP contribution in [-0.4, -0.2) is 44.0 Å². The maximum atomic E-state index is 12.5. The zero-order chi connectivity index (χ0) is 17.9. The van der Waals surface area contributed by atoms with E-state index in [0.717, 1.165) is 42.8 Å². The largest absolute Gasteiger partial charge is 0.478 e. The Morgan fingerprint density at radius 2 is 1.92 bits per heavy atom. The molecule has 1 aliphatic heterocycles. The molecule has 1 atom stereocenters. The number of sulfonamides is 1. The van der Waals surface area contributed by atoms with E-state index in [1.165, 1.54) is 11.4 Å². The number of hydrogen-bond acceptors (Lipinski definition) is 5. The van der Waals surface area contributed by atoms with E-state index < -0.39 is 16.0 Å². The summed E-state index contributed by atoms with van der Waals surface area (Å²) in [6, 6.07) is 11.0. The van der Waals surface area contributed by atoms with Crippen LogP contribution >= 0.6 is 11.3 Å². The molecule has 0 spiro atoms. The first-order valence-electron chi connectivity index (χ1n) is 8.08. The Morgan fingerprint density at radius 3 is 2.52 bits per heavy atom. The van der Waals surface area contributed by atoms with E-state index in [4.69, 9.17) is 5.11 Å². The molecule has 1 aliphatic rings. The number of likely N-dealkylation sites (tertiary alicyclic amines) is 1. The number of benzene rings is 1. The quantitative estimate of drug-likeness (QED) is 0.771. The van der Waals surface area contributed by atoms with Crippen LogP contribution in [-0.2, 0) is 10.0 Å². The van der Waals surface area contributed by atoms with Crippen LogP contribution in [0.2, 0.25) is 0 Å². The molecule has 2 aromatic rings. The summed E-state index contributed by atoms with van der Waals surface area (Å²) >= 11 is 0.920. The first kappa shape index (κ1) is 18.1. The molecule has 25 heavy (non-hydrogen) atoms. The summed E-state index contributed by atoms with van der Waals surface area (Å²) in [7, 11) is -3.73. The van der Waals surface area contributed by atoms with Gasteiger partial charge in [-0.05, 0) is 37.6 Å². The average molecular weight is 380 g/mol. The van der Waals surface area contributed by atoms with Gasteiger partial charge in [-0.2, -0.15) is 0 Å². The first-order valence-corrected chi connectivity index (χ1v) is 10.4. The number of nitrogens with one attached hydrogen (secondary N) is 1. The van der Waals surface area contributed by atoms with Gasteiger partial charge in [0.25, 0.3) is 0 Å². The minimum atomic E-state index is -3.73. The number of aromatic carboxylic acids is 1. The second kappa shape index (κ2) is 7.65. The highest BCUT2D eigenvalue weighted by Gasteiger charge is 2.26. The molecule has 0 saturated carbocycles. The fraction of sp³-hybridized carbons (Fsp3) is 0.353. The van der Waals surface area contributed by atoms with Crippen molar-refractivity contribution in [1.29, 1.82) is 0 Å². The lowest BCUT2D eigenvalue weighted by Crippen LogP contribution is -2.36. The van der Waals surface area contributed by atoms with Gasteiger partial charge in [-0.25, -0.2) is 17.9 Å². The number of nitrogens with zero attached hydrogens (tertiary/aromatic N) is 1. The second-order valence-electron chi connectivity index (χ2n) is 5.98. The monoisotopic (exact) mass is 380 g/mol. The van der Waals surface area contributed by atoms with Gasteiger partial charge in [0.15, 0.2) is 0 Å². The molecule has 134 valence electrons. The van der Waals surface area contributed by atoms with Gasteiger partial charge in [-0.3, -0.25) is 4.90 Å². The van der Waals surface area contributed by atoms with Gasteiger partial charge < -0.3 is 5.11 Å². The third kappa shape index (κ3) is 4.27. The zero-order valence-electron chi connectivity index (χ0n) is 13.6. The van der Waals surface area contributed by atoms with Crippen LogP contribution in [0.3, 0.4) is 0 Å². The van der Waals surface area contributed by atoms with Crippen molar-refractivity contribution in [3.63, 3.8) is 0 Å². The minimum absolute atomic E-state index is 0.00970. The van der Waals surface area contributed by atoms with Crippen LogP contribution in [0.4, 0.5) is 0 Å². The van der Waals surface area contributed by atoms with Crippen LogP contribution in [0, 0.1) is 0 Å². The molecule has 1 saturated heterocycles. The summed E-state index contributed by atoms with van der Waals surface area (Å²) in [6.45, 7) is 2.15. The van der Waals surface area contributed by atoms with E-state index in [0.29, 0.717) is 0 Å². The van der Waals surface area contributed by atoms with Gasteiger partial charge >= 0.3 is 5.97 Å². The molecule has 0 bridgehead atoms. The number of carboxylic acid groups (broad SMARTS) is 1. The van der Waals surface area contributed by atoms with Crippen molar-refractivity contribution in [2.75, 3.05) is 19.6 Å². The van der Waals surface area contributed by atoms with Crippen LogP contribution in [0.25, 0.3) is 0 Å². The Hall–Kier alpha value is -1.74. The Bertz CT molecular complexity index is 827. The molecule has 0 aliphatic carbocycles. The second-order valence-corrected chi connectivity index (χ2v) is 8.89. The number of thiophene rings is 1. The summed E-state index contributed by atoms with van der Waals surface area (Å²) in [5.74, 6) is -1.13. The number of hydrogen-bond donors (Lipinski definition) is 2. The van der Waals surface area contributed by atoms with E-state index >= 15 is 0 Å². The summed E-state index contributed by atoms with van der Waals surface area (Å²) < 4.78 is 27.7. The van der Waals surface area contributed by atoms with Crippen LogP contribution in [0.15, 0.2) is 46.0 Å². The molecule has 2 N–H and O–H groups in total. The van der Waals surface area contributed by atoms with Crippen molar-refractivity contribution < 1.29 is 18.3 Å². The van der Waals surface area contributed by atoms with E-state index in [-0.39, 0.29) is 22.4 Å². The maximum absolute atomic E-state index is 12.5. The lowest BCUT2D eigenvalue weighted by Gasteiger charge is -2.28. The van der Waals surface area contributed by atoms with Gasteiger partial charge in [-0.15, -0.1) is 11.3 Å². The number of carbonyl (C=O) groups is 1. The molecule has 0 unspecified atom stereocenters. The predicted molar refractivity (Wildman–Crippen MR) is 96.5 cm³/mol. The fourth-order valence-electron chi connectivity index (χ4n) is 3.02. The van der Waals surface area contributed by atoms with Gasteiger partial charge in [0.05, 0.1) is 5.56 Å². The highest BCUT2D eigenvalue weighted by molar-refractivity contribution is 7.91. The van der Waals surface area contributed by atoms with E-state index in [1.54, 1.807) is 0 Å². The molecule has 2 heterocycles. The molecule has 6 nitrogen and oxygen atoms in total. The van der Waals surface area contributed by atoms with Crippen LogP contribution in [0.5, 0.6) is 0 Å². The van der Waals surface area contributed by atoms with Crippen molar-refractivity contribution >= 4 is 27.3 Å². The molecule has 1 aromatic carbocycles. The van der Waals surface area contributed by atoms with Crippen molar-refractivity contribution in [2.24, 2.45) is 0 Å². The van der Waals surface area contributed by atoms with Crippen molar-refractivity contribution in [3.05, 3.63) is 52.9 Å². The lowest BCUT2D eigenvalue weighted by atomic mass is 10.1. The van der Waals surface area contributed by atoms with Gasteiger partial charge in [0.2, 0.25) is 10.0 Å². The molecule has 3 rings (SSSR count). The SMILES string of the molecule is O=C(O)c1csc(S(=O)(=O)NC[C@H](c2ccccc2)N2CCCC2)c1. The predicted octanol–water partition coefficient (Wildman–Crippen LogP) is 2.56. The van der Waals surface area contributed by atoms with Gasteiger partial charge in [0.1, 0.15) is 4.21 Å². The van der Waals surface area contributed by atoms with Gasteiger partial charge in [-0.1, -0.05) is 30.3 Å². The summed E-state index contributed by atoms with van der Waals surface area (Å²) in [6.07, 6.45) is 2.23. The Balaban J connectivity index is 1.76. The smallest absolute Gasteiger partial charge is 0.336 e. The highest BCUT2D eigenvalue weighted by atomic mass is 32.2. The standard InChI is InChI=1S/C17H20N2O4S2/c20-17(21)14-10-16(24-12-14)25(22,23)18-11-15(19-8-4-5-9-19)13-6-2-1-3-7-13/h1-3,6-7,10,12,15,18H,4-5,8-9,11H2,(H,20,21)/t15-/m1/s1. The minimum Gasteiger partial charge on any atom is -0.478 e. The van der Waals surface area contributed by atoms with E-state index in [2.05, 4.69) is 9.62 Å². The van der Waals surface area contributed by atoms with E-state index in [1.807, 2.05) is 30.3 Å². The average Bonchev–Trinajstić information content (AvgIpc) is 3.28. The summed E-state index contributed by atoms with van der Waals surface area (Å²) in [5.41, 5.74) is 1.06. The lowest BCUT2D eigenvalue weighted by molar-refractivity contribution is 0.0697. The Morgan fingerprint density at radius 1 is 1.24 bits per heavy atom. The molecule has 8 heteroatoms.